The summed E-state index contributed by atoms with van der Waals surface area (Å²) in [7, 11) is 3.31. The number of carboxylic acid groups (broad SMARTS) is 2. The molecule has 2 N–H and O–H groups in total. The minimum atomic E-state index is -1.36. The summed E-state index contributed by atoms with van der Waals surface area (Å²) in [5.41, 5.74) is -0.949. The van der Waals surface area contributed by atoms with Crippen LogP contribution in [-0.2, 0) is 22.9 Å². The van der Waals surface area contributed by atoms with Gasteiger partial charge < -0.3 is 23.5 Å². The van der Waals surface area contributed by atoms with Gasteiger partial charge in [0.15, 0.2) is 0 Å². The van der Waals surface area contributed by atoms with Crippen molar-refractivity contribution in [3.63, 3.8) is 0 Å². The lowest BCUT2D eigenvalue weighted by Crippen LogP contribution is -2.28. The van der Waals surface area contributed by atoms with E-state index >= 15 is 0 Å². The predicted molar refractivity (Wildman–Crippen MR) is 72.0 cm³/mol. The Morgan fingerprint density at radius 3 is 2.00 bits per heavy atom. The van der Waals surface area contributed by atoms with E-state index in [1.807, 2.05) is 0 Å². The molecule has 7 nitrogen and oxygen atoms in total. The second-order valence-electron chi connectivity index (χ2n) is 4.12. The second kappa shape index (κ2) is 8.64. The first-order valence-electron chi connectivity index (χ1n) is 5.64. The van der Waals surface area contributed by atoms with Crippen molar-refractivity contribution in [2.45, 2.75) is 13.3 Å². The van der Waals surface area contributed by atoms with Gasteiger partial charge in [-0.1, -0.05) is 18.2 Å². The molecule has 0 aromatic heterocycles. The zero-order valence-electron chi connectivity index (χ0n) is 11.9. The van der Waals surface area contributed by atoms with E-state index in [4.69, 9.17) is 23.5 Å². The molecule has 1 aliphatic carbocycles. The number of hydrogen-bond acceptors (Lipinski definition) is 5. The van der Waals surface area contributed by atoms with Crippen molar-refractivity contribution in [1.82, 2.24) is 0 Å². The lowest BCUT2D eigenvalue weighted by Gasteiger charge is -2.23. The zero-order chi connectivity index (χ0) is 15.8. The molecule has 1 radical (unpaired) electrons. The predicted octanol–water partition coefficient (Wildman–Crippen LogP) is 0.959. The van der Waals surface area contributed by atoms with Gasteiger partial charge >= 0.3 is 21.5 Å². The highest BCUT2D eigenvalue weighted by molar-refractivity contribution is 6.36. The highest BCUT2D eigenvalue weighted by atomic mass is 28.3. The third kappa shape index (κ3) is 5.66. The van der Waals surface area contributed by atoms with Crippen LogP contribution in [0.5, 0.6) is 0 Å². The van der Waals surface area contributed by atoms with E-state index in [9.17, 15) is 9.59 Å². The van der Waals surface area contributed by atoms with Crippen LogP contribution < -0.4 is 0 Å². The van der Waals surface area contributed by atoms with E-state index in [1.165, 1.54) is 25.2 Å². The van der Waals surface area contributed by atoms with Gasteiger partial charge in [-0.2, -0.15) is 0 Å². The summed E-state index contributed by atoms with van der Waals surface area (Å²) in [5, 5.41) is 17.5. The molecule has 1 unspecified atom stereocenters. The molecule has 113 valence electrons. The molecule has 1 atom stereocenters. The highest BCUT2D eigenvalue weighted by Gasteiger charge is 2.34. The average molecular weight is 303 g/mol. The molecule has 0 heterocycles. The SMILES string of the molecule is CC1(C(=O)O)C=CC=C(C(=O)O)C1.CO[Si](OC)OC. The number of allylic oxidation sites excluding steroid dienone is 2. The van der Waals surface area contributed by atoms with Gasteiger partial charge in [0.25, 0.3) is 0 Å². The summed E-state index contributed by atoms with van der Waals surface area (Å²) in [5.74, 6) is -2.06. The first-order chi connectivity index (χ1) is 9.30. The molecule has 20 heavy (non-hydrogen) atoms. The first kappa shape index (κ1) is 18.5. The van der Waals surface area contributed by atoms with Gasteiger partial charge in [0.05, 0.1) is 5.41 Å². The minimum absolute atomic E-state index is 0.0359. The summed E-state index contributed by atoms with van der Waals surface area (Å²) in [6, 6.07) is 0. The van der Waals surface area contributed by atoms with Crippen LogP contribution in [0.1, 0.15) is 13.3 Å². The van der Waals surface area contributed by atoms with Gasteiger partial charge in [-0.3, -0.25) is 4.79 Å². The fraction of sp³-hybridized carbons (Fsp3) is 0.500. The van der Waals surface area contributed by atoms with Crippen LogP contribution >= 0.6 is 0 Å². The fourth-order valence-corrected chi connectivity index (χ4v) is 1.93. The lowest BCUT2D eigenvalue weighted by molar-refractivity contribution is -0.145. The third-order valence-electron chi connectivity index (χ3n) is 2.58. The molecule has 0 amide bonds. The number of carboxylic acids is 2. The normalized spacial score (nSPS) is 20.9. The smallest absolute Gasteiger partial charge is 0.481 e. The monoisotopic (exact) mass is 303 g/mol. The summed E-state index contributed by atoms with van der Waals surface area (Å²) < 4.78 is 14.1. The van der Waals surface area contributed by atoms with Gasteiger partial charge in [-0.15, -0.1) is 0 Å². The molecular formula is C12H19O7Si. The van der Waals surface area contributed by atoms with E-state index < -0.39 is 26.9 Å². The Morgan fingerprint density at radius 1 is 1.20 bits per heavy atom. The molecule has 0 fully saturated rings. The van der Waals surface area contributed by atoms with E-state index in [2.05, 4.69) is 0 Å². The number of aliphatic carboxylic acids is 2. The first-order valence-corrected chi connectivity index (χ1v) is 6.87. The Bertz CT molecular complexity index is 395. The van der Waals surface area contributed by atoms with Gasteiger partial charge in [0.2, 0.25) is 0 Å². The Hall–Kier alpha value is -1.48. The van der Waals surface area contributed by atoms with Crippen LogP contribution in [0.4, 0.5) is 0 Å². The van der Waals surface area contributed by atoms with Crippen LogP contribution in [0.3, 0.4) is 0 Å². The maximum Gasteiger partial charge on any atom is 0.576 e. The summed E-state index contributed by atoms with van der Waals surface area (Å²) >= 11 is 0. The van der Waals surface area contributed by atoms with Crippen molar-refractivity contribution in [3.8, 4) is 0 Å². The topological polar surface area (TPSA) is 102 Å². The Morgan fingerprint density at radius 2 is 1.70 bits per heavy atom. The molecule has 8 heteroatoms. The van der Waals surface area contributed by atoms with Crippen molar-refractivity contribution in [2.75, 3.05) is 21.3 Å². The Kier molecular flexibility index (Phi) is 8.00. The van der Waals surface area contributed by atoms with Crippen molar-refractivity contribution in [1.29, 1.82) is 0 Å². The van der Waals surface area contributed by atoms with E-state index in [-0.39, 0.29) is 12.0 Å². The molecule has 1 aliphatic rings. The summed E-state index contributed by atoms with van der Waals surface area (Å²) in [4.78, 5) is 21.3. The zero-order valence-corrected chi connectivity index (χ0v) is 12.9. The molecule has 0 aliphatic heterocycles. The molecule has 0 saturated carbocycles. The van der Waals surface area contributed by atoms with Gasteiger partial charge in [0, 0.05) is 26.9 Å². The molecule has 1 rings (SSSR count). The van der Waals surface area contributed by atoms with Gasteiger partial charge in [-0.25, -0.2) is 4.79 Å². The quantitative estimate of drug-likeness (QED) is 0.729. The molecule has 0 bridgehead atoms. The molecule has 0 aromatic carbocycles. The van der Waals surface area contributed by atoms with Crippen molar-refractivity contribution < 1.29 is 33.1 Å². The Labute approximate surface area is 119 Å². The van der Waals surface area contributed by atoms with Crippen molar-refractivity contribution in [3.05, 3.63) is 23.8 Å². The highest BCUT2D eigenvalue weighted by Crippen LogP contribution is 2.31. The number of rotatable bonds is 5. The summed E-state index contributed by atoms with van der Waals surface area (Å²) in [6.45, 7) is 1.50. The summed E-state index contributed by atoms with van der Waals surface area (Å²) in [6.07, 6.45) is 4.43. The number of carbonyl (C=O) groups is 2. The van der Waals surface area contributed by atoms with Crippen LogP contribution in [0.2, 0.25) is 0 Å². The fourth-order valence-electron chi connectivity index (χ4n) is 1.43. The lowest BCUT2D eigenvalue weighted by atomic mass is 9.80. The number of hydrogen-bond donors (Lipinski definition) is 2. The molecule has 0 saturated heterocycles. The van der Waals surface area contributed by atoms with Gasteiger partial charge in [-0.05, 0) is 13.3 Å². The van der Waals surface area contributed by atoms with Crippen LogP contribution in [0, 0.1) is 5.41 Å². The van der Waals surface area contributed by atoms with Gasteiger partial charge in [0.1, 0.15) is 0 Å². The standard InChI is InChI=1S/C9H10O4.C3H9O3Si/c1-9(8(12)13)4-2-3-6(5-9)7(10)11;1-4-7(5-2)6-3/h2-4H,5H2,1H3,(H,10,11)(H,12,13);1-3H3. The maximum atomic E-state index is 10.8. The minimum Gasteiger partial charge on any atom is -0.481 e. The molecule has 0 spiro atoms. The van der Waals surface area contributed by atoms with Crippen LogP contribution in [0.15, 0.2) is 23.8 Å². The van der Waals surface area contributed by atoms with Crippen LogP contribution in [0.25, 0.3) is 0 Å². The average Bonchev–Trinajstić information content (AvgIpc) is 2.41. The maximum absolute atomic E-state index is 10.8. The Balaban J connectivity index is 0.000000441. The third-order valence-corrected chi connectivity index (χ3v) is 3.58. The molecule has 0 aromatic rings. The van der Waals surface area contributed by atoms with E-state index in [0.717, 1.165) is 0 Å². The largest absolute Gasteiger partial charge is 0.576 e. The van der Waals surface area contributed by atoms with E-state index in [0.29, 0.717) is 0 Å². The second-order valence-corrected chi connectivity index (χ2v) is 5.84. The van der Waals surface area contributed by atoms with Crippen molar-refractivity contribution >= 4 is 21.5 Å². The van der Waals surface area contributed by atoms with Crippen LogP contribution in [-0.4, -0.2) is 53.0 Å². The van der Waals surface area contributed by atoms with E-state index in [1.54, 1.807) is 21.3 Å². The molecular weight excluding hydrogens is 284 g/mol. The van der Waals surface area contributed by atoms with Crippen molar-refractivity contribution in [2.24, 2.45) is 5.41 Å².